The molecule has 0 aliphatic heterocycles. The number of phenols is 1. The van der Waals surface area contributed by atoms with Crippen molar-refractivity contribution in [2.45, 2.75) is 26.4 Å². The maximum absolute atomic E-state index is 9.69. The smallest absolute Gasteiger partial charge is 0.137 e. The average molecular weight is 201 g/mol. The van der Waals surface area contributed by atoms with E-state index in [2.05, 4.69) is 0 Å². The Bertz CT molecular complexity index is 326. The third-order valence-electron chi connectivity index (χ3n) is 1.98. The highest BCUT2D eigenvalue weighted by molar-refractivity contribution is 6.33. The van der Waals surface area contributed by atoms with Gasteiger partial charge in [-0.3, -0.25) is 0 Å². The highest BCUT2D eigenvalue weighted by Gasteiger charge is 2.21. The van der Waals surface area contributed by atoms with Gasteiger partial charge in [-0.25, -0.2) is 0 Å². The number of aromatic hydroxyl groups is 1. The van der Waals surface area contributed by atoms with Crippen LogP contribution in [-0.4, -0.2) is 10.2 Å². The predicted octanol–water partition coefficient (Wildman–Crippen LogP) is 2.58. The largest absolute Gasteiger partial charge is 0.506 e. The van der Waals surface area contributed by atoms with Crippen LogP contribution in [0, 0.1) is 6.92 Å². The molecule has 13 heavy (non-hydrogen) atoms. The molecular formula is C10H13ClO2. The number of phenolic OH excluding ortho intramolecular Hbond substituents is 1. The van der Waals surface area contributed by atoms with Crippen LogP contribution in [0.4, 0.5) is 0 Å². The van der Waals surface area contributed by atoms with E-state index in [1.807, 2.05) is 0 Å². The van der Waals surface area contributed by atoms with Crippen LogP contribution in [0.25, 0.3) is 0 Å². The number of benzene rings is 1. The molecule has 0 unspecified atom stereocenters. The van der Waals surface area contributed by atoms with Crippen LogP contribution < -0.4 is 0 Å². The molecule has 1 aromatic rings. The van der Waals surface area contributed by atoms with Gasteiger partial charge in [0.25, 0.3) is 0 Å². The molecule has 2 N–H and O–H groups in total. The van der Waals surface area contributed by atoms with Crippen LogP contribution in [0.2, 0.25) is 5.02 Å². The molecular weight excluding hydrogens is 188 g/mol. The van der Waals surface area contributed by atoms with Crippen LogP contribution in [-0.2, 0) is 5.60 Å². The Labute approximate surface area is 82.8 Å². The molecule has 0 bridgehead atoms. The van der Waals surface area contributed by atoms with Crippen molar-refractivity contribution in [2.75, 3.05) is 0 Å². The van der Waals surface area contributed by atoms with E-state index in [4.69, 9.17) is 11.6 Å². The van der Waals surface area contributed by atoms with Gasteiger partial charge in [-0.15, -0.1) is 0 Å². The first-order valence-corrected chi connectivity index (χ1v) is 4.42. The van der Waals surface area contributed by atoms with Gasteiger partial charge in [-0.2, -0.15) is 0 Å². The molecule has 3 heteroatoms. The number of rotatable bonds is 1. The van der Waals surface area contributed by atoms with Crippen LogP contribution in [0.1, 0.15) is 25.0 Å². The van der Waals surface area contributed by atoms with Gasteiger partial charge in [0.15, 0.2) is 0 Å². The van der Waals surface area contributed by atoms with E-state index in [0.717, 1.165) is 0 Å². The summed E-state index contributed by atoms with van der Waals surface area (Å²) in [7, 11) is 0. The van der Waals surface area contributed by atoms with Gasteiger partial charge in [0.1, 0.15) is 5.75 Å². The number of hydrogen-bond donors (Lipinski definition) is 2. The molecule has 0 aliphatic rings. The van der Waals surface area contributed by atoms with Crippen molar-refractivity contribution >= 4 is 11.6 Å². The van der Waals surface area contributed by atoms with Crippen molar-refractivity contribution in [1.29, 1.82) is 0 Å². The molecule has 0 saturated carbocycles. The fourth-order valence-electron chi connectivity index (χ4n) is 1.13. The van der Waals surface area contributed by atoms with E-state index >= 15 is 0 Å². The monoisotopic (exact) mass is 200 g/mol. The van der Waals surface area contributed by atoms with E-state index in [1.165, 1.54) is 0 Å². The fraction of sp³-hybridized carbons (Fsp3) is 0.400. The standard InChI is InChI=1S/C10H13ClO2/c1-6-4-5-7(10(2,3)13)8(11)9(6)12/h4-5,12-13H,1-3H3. The van der Waals surface area contributed by atoms with Crippen LogP contribution >= 0.6 is 11.6 Å². The summed E-state index contributed by atoms with van der Waals surface area (Å²) in [5.74, 6) is 0.0429. The van der Waals surface area contributed by atoms with E-state index in [0.29, 0.717) is 11.1 Å². The highest BCUT2D eigenvalue weighted by Crippen LogP contribution is 2.35. The van der Waals surface area contributed by atoms with Crippen LogP contribution in [0.3, 0.4) is 0 Å². The summed E-state index contributed by atoms with van der Waals surface area (Å²) in [5, 5.41) is 19.4. The summed E-state index contributed by atoms with van der Waals surface area (Å²) in [5.41, 5.74) is 0.220. The topological polar surface area (TPSA) is 40.5 Å². The Hall–Kier alpha value is -0.730. The van der Waals surface area contributed by atoms with Gasteiger partial charge in [0.05, 0.1) is 10.6 Å². The highest BCUT2D eigenvalue weighted by atomic mass is 35.5. The van der Waals surface area contributed by atoms with Gasteiger partial charge < -0.3 is 10.2 Å². The van der Waals surface area contributed by atoms with Gasteiger partial charge in [0, 0.05) is 5.56 Å². The van der Waals surface area contributed by atoms with Crippen molar-refractivity contribution < 1.29 is 10.2 Å². The number of aryl methyl sites for hydroxylation is 1. The summed E-state index contributed by atoms with van der Waals surface area (Å²) in [4.78, 5) is 0. The molecule has 0 amide bonds. The van der Waals surface area contributed by atoms with Crippen molar-refractivity contribution in [3.8, 4) is 5.75 Å². The first kappa shape index (κ1) is 10.4. The summed E-state index contributed by atoms with van der Waals surface area (Å²) in [6.45, 7) is 5.02. The molecule has 0 aromatic heterocycles. The Morgan fingerprint density at radius 3 is 2.31 bits per heavy atom. The zero-order valence-electron chi connectivity index (χ0n) is 7.93. The third-order valence-corrected chi connectivity index (χ3v) is 2.36. The average Bonchev–Trinajstić information content (AvgIpc) is 1.98. The van der Waals surface area contributed by atoms with E-state index in [-0.39, 0.29) is 10.8 Å². The molecule has 0 heterocycles. The lowest BCUT2D eigenvalue weighted by Gasteiger charge is -2.20. The Balaban J connectivity index is 3.35. The summed E-state index contributed by atoms with van der Waals surface area (Å²) < 4.78 is 0. The van der Waals surface area contributed by atoms with Crippen molar-refractivity contribution in [1.82, 2.24) is 0 Å². The second-order valence-corrected chi connectivity index (χ2v) is 4.03. The quantitative estimate of drug-likeness (QED) is 0.732. The first-order chi connectivity index (χ1) is 5.84. The lowest BCUT2D eigenvalue weighted by Crippen LogP contribution is -2.16. The SMILES string of the molecule is Cc1ccc(C(C)(C)O)c(Cl)c1O. The zero-order valence-corrected chi connectivity index (χ0v) is 8.68. The Morgan fingerprint density at radius 1 is 1.31 bits per heavy atom. The summed E-state index contributed by atoms with van der Waals surface area (Å²) in [6, 6.07) is 3.45. The van der Waals surface area contributed by atoms with Gasteiger partial charge in [-0.1, -0.05) is 23.7 Å². The lowest BCUT2D eigenvalue weighted by molar-refractivity contribution is 0.0784. The molecule has 1 rings (SSSR count). The normalized spacial score (nSPS) is 11.8. The van der Waals surface area contributed by atoms with E-state index < -0.39 is 5.60 Å². The molecule has 0 saturated heterocycles. The van der Waals surface area contributed by atoms with Gasteiger partial charge in [-0.05, 0) is 26.3 Å². The molecule has 72 valence electrons. The van der Waals surface area contributed by atoms with Crippen molar-refractivity contribution in [3.63, 3.8) is 0 Å². The van der Waals surface area contributed by atoms with Crippen molar-refractivity contribution in [2.24, 2.45) is 0 Å². The molecule has 0 atom stereocenters. The van der Waals surface area contributed by atoms with E-state index in [9.17, 15) is 10.2 Å². The molecule has 0 aliphatic carbocycles. The Morgan fingerprint density at radius 2 is 1.85 bits per heavy atom. The van der Waals surface area contributed by atoms with Gasteiger partial charge >= 0.3 is 0 Å². The number of hydrogen-bond acceptors (Lipinski definition) is 2. The second-order valence-electron chi connectivity index (χ2n) is 3.65. The molecule has 0 radical (unpaired) electrons. The minimum atomic E-state index is -1.03. The second kappa shape index (κ2) is 3.20. The van der Waals surface area contributed by atoms with Crippen LogP contribution in [0.15, 0.2) is 12.1 Å². The summed E-state index contributed by atoms with van der Waals surface area (Å²) in [6.07, 6.45) is 0. The predicted molar refractivity (Wildman–Crippen MR) is 53.1 cm³/mol. The number of aliphatic hydroxyl groups is 1. The number of halogens is 1. The minimum Gasteiger partial charge on any atom is -0.506 e. The fourth-order valence-corrected chi connectivity index (χ4v) is 1.58. The zero-order chi connectivity index (χ0) is 10.2. The summed E-state index contributed by atoms with van der Waals surface area (Å²) >= 11 is 5.87. The molecule has 0 spiro atoms. The minimum absolute atomic E-state index is 0.0429. The maximum atomic E-state index is 9.69. The maximum Gasteiger partial charge on any atom is 0.137 e. The Kier molecular flexibility index (Phi) is 2.55. The molecule has 0 fully saturated rings. The van der Waals surface area contributed by atoms with Crippen molar-refractivity contribution in [3.05, 3.63) is 28.3 Å². The lowest BCUT2D eigenvalue weighted by atomic mass is 9.97. The first-order valence-electron chi connectivity index (χ1n) is 4.05. The molecule has 1 aromatic carbocycles. The van der Waals surface area contributed by atoms with E-state index in [1.54, 1.807) is 32.9 Å². The van der Waals surface area contributed by atoms with Crippen LogP contribution in [0.5, 0.6) is 5.75 Å². The molecule has 2 nitrogen and oxygen atoms in total. The van der Waals surface area contributed by atoms with Gasteiger partial charge in [0.2, 0.25) is 0 Å². The third kappa shape index (κ3) is 1.95.